The zero-order valence-corrected chi connectivity index (χ0v) is 14.4. The number of alkyl halides is 1. The van der Waals surface area contributed by atoms with Crippen LogP contribution in [0.3, 0.4) is 0 Å². The Morgan fingerprint density at radius 2 is 1.52 bits per heavy atom. The number of methoxy groups -OCH3 is 3. The summed E-state index contributed by atoms with van der Waals surface area (Å²) in [5, 5.41) is -0.247. The minimum atomic E-state index is -0.247. The van der Waals surface area contributed by atoms with Gasteiger partial charge < -0.3 is 14.2 Å². The molecule has 21 heavy (non-hydrogen) atoms. The summed E-state index contributed by atoms with van der Waals surface area (Å²) in [7, 11) is 4.79. The fourth-order valence-corrected chi connectivity index (χ4v) is 3.71. The maximum absolute atomic E-state index is 6.66. The highest BCUT2D eigenvalue weighted by atomic mass is 35.5. The van der Waals surface area contributed by atoms with Gasteiger partial charge in [0.2, 0.25) is 5.75 Å². The summed E-state index contributed by atoms with van der Waals surface area (Å²) < 4.78 is 16.1. The van der Waals surface area contributed by atoms with Crippen molar-refractivity contribution in [2.75, 3.05) is 21.3 Å². The summed E-state index contributed by atoms with van der Waals surface area (Å²) >= 11 is 8.41. The van der Waals surface area contributed by atoms with Crippen LogP contribution in [0.1, 0.15) is 26.3 Å². The van der Waals surface area contributed by atoms with E-state index in [9.17, 15) is 0 Å². The van der Waals surface area contributed by atoms with E-state index in [4.69, 9.17) is 25.8 Å². The molecule has 0 saturated carbocycles. The van der Waals surface area contributed by atoms with Crippen molar-refractivity contribution in [3.63, 3.8) is 0 Å². The summed E-state index contributed by atoms with van der Waals surface area (Å²) in [4.78, 5) is 2.47. The normalized spacial score (nSPS) is 12.1. The van der Waals surface area contributed by atoms with Crippen molar-refractivity contribution in [1.29, 1.82) is 0 Å². The summed E-state index contributed by atoms with van der Waals surface area (Å²) in [5.74, 6) is 1.80. The van der Waals surface area contributed by atoms with E-state index in [1.165, 1.54) is 9.75 Å². The van der Waals surface area contributed by atoms with Gasteiger partial charge in [0.25, 0.3) is 0 Å². The first-order chi connectivity index (χ1) is 10.0. The number of thiophene rings is 1. The van der Waals surface area contributed by atoms with Crippen molar-refractivity contribution < 1.29 is 14.2 Å². The van der Waals surface area contributed by atoms with Crippen LogP contribution in [0.2, 0.25) is 0 Å². The summed E-state index contributed by atoms with van der Waals surface area (Å²) in [6.07, 6.45) is 0. The van der Waals surface area contributed by atoms with Gasteiger partial charge in [0.15, 0.2) is 11.5 Å². The topological polar surface area (TPSA) is 27.7 Å². The number of hydrogen-bond acceptors (Lipinski definition) is 4. The predicted molar refractivity (Wildman–Crippen MR) is 87.6 cm³/mol. The van der Waals surface area contributed by atoms with E-state index in [-0.39, 0.29) is 5.38 Å². The largest absolute Gasteiger partial charge is 0.493 e. The molecule has 0 radical (unpaired) electrons. The summed E-state index contributed by atoms with van der Waals surface area (Å²) in [6.45, 7) is 4.17. The molecule has 5 heteroatoms. The quantitative estimate of drug-likeness (QED) is 0.744. The van der Waals surface area contributed by atoms with Crippen LogP contribution in [0.25, 0.3) is 0 Å². The highest BCUT2D eigenvalue weighted by Crippen LogP contribution is 2.43. The van der Waals surface area contributed by atoms with E-state index in [0.717, 1.165) is 11.1 Å². The molecular formula is C16H19ClO3S. The van der Waals surface area contributed by atoms with E-state index >= 15 is 0 Å². The number of hydrogen-bond donors (Lipinski definition) is 0. The van der Waals surface area contributed by atoms with Crippen LogP contribution in [0.5, 0.6) is 17.2 Å². The van der Waals surface area contributed by atoms with Crippen LogP contribution >= 0.6 is 22.9 Å². The SMILES string of the molecule is COc1cc(C(Cl)c2cc(C)sc2C)cc(OC)c1OC. The highest BCUT2D eigenvalue weighted by Gasteiger charge is 2.20. The predicted octanol–water partition coefficient (Wildman–Crippen LogP) is 4.72. The fraction of sp³-hybridized carbons (Fsp3) is 0.375. The third-order valence-electron chi connectivity index (χ3n) is 3.33. The maximum atomic E-state index is 6.66. The number of ether oxygens (including phenoxy) is 3. The molecule has 0 amide bonds. The van der Waals surface area contributed by atoms with E-state index < -0.39 is 0 Å². The molecule has 1 aromatic carbocycles. The Balaban J connectivity index is 2.51. The van der Waals surface area contributed by atoms with Gasteiger partial charge in [0.05, 0.1) is 26.7 Å². The molecule has 0 aliphatic rings. The van der Waals surface area contributed by atoms with Crippen LogP contribution in [0.15, 0.2) is 18.2 Å². The fourth-order valence-electron chi connectivity index (χ4n) is 2.33. The molecule has 0 saturated heterocycles. The van der Waals surface area contributed by atoms with Gasteiger partial charge in [0, 0.05) is 9.75 Å². The number of rotatable bonds is 5. The van der Waals surface area contributed by atoms with Crippen molar-refractivity contribution in [3.8, 4) is 17.2 Å². The molecule has 0 aliphatic heterocycles. The van der Waals surface area contributed by atoms with Crippen LogP contribution in [-0.2, 0) is 0 Å². The van der Waals surface area contributed by atoms with Crippen LogP contribution in [0.4, 0.5) is 0 Å². The molecule has 2 rings (SSSR count). The lowest BCUT2D eigenvalue weighted by Crippen LogP contribution is -1.99. The molecule has 2 aromatic rings. The van der Waals surface area contributed by atoms with Gasteiger partial charge in [0.1, 0.15) is 0 Å². The first-order valence-corrected chi connectivity index (χ1v) is 7.78. The standard InChI is InChI=1S/C16H19ClO3S/c1-9-6-12(10(2)21-9)15(17)11-7-13(18-3)16(20-5)14(8-11)19-4/h6-8,15H,1-5H3. The van der Waals surface area contributed by atoms with E-state index in [0.29, 0.717) is 17.2 Å². The Hall–Kier alpha value is -1.39. The van der Waals surface area contributed by atoms with E-state index in [1.54, 1.807) is 32.7 Å². The second kappa shape index (κ2) is 6.58. The molecular weight excluding hydrogens is 308 g/mol. The van der Waals surface area contributed by atoms with Crippen molar-refractivity contribution in [2.45, 2.75) is 19.2 Å². The second-order valence-corrected chi connectivity index (χ2v) is 6.59. The van der Waals surface area contributed by atoms with Gasteiger partial charge in [-0.15, -0.1) is 22.9 Å². The number of benzene rings is 1. The molecule has 3 nitrogen and oxygen atoms in total. The number of halogens is 1. The molecule has 0 aliphatic carbocycles. The van der Waals surface area contributed by atoms with Crippen molar-refractivity contribution in [3.05, 3.63) is 39.1 Å². The molecule has 0 N–H and O–H groups in total. The van der Waals surface area contributed by atoms with E-state index in [2.05, 4.69) is 19.9 Å². The van der Waals surface area contributed by atoms with Gasteiger partial charge in [-0.2, -0.15) is 0 Å². The minimum absolute atomic E-state index is 0.247. The van der Waals surface area contributed by atoms with Crippen LogP contribution in [0, 0.1) is 13.8 Å². The monoisotopic (exact) mass is 326 g/mol. The first kappa shape index (κ1) is 16.0. The highest BCUT2D eigenvalue weighted by molar-refractivity contribution is 7.12. The van der Waals surface area contributed by atoms with Crippen molar-refractivity contribution >= 4 is 22.9 Å². The molecule has 114 valence electrons. The molecule has 0 fully saturated rings. The maximum Gasteiger partial charge on any atom is 0.203 e. The lowest BCUT2D eigenvalue weighted by molar-refractivity contribution is 0.324. The third-order valence-corrected chi connectivity index (χ3v) is 4.80. The Bertz CT molecular complexity index is 611. The van der Waals surface area contributed by atoms with Gasteiger partial charge in [-0.05, 0) is 43.2 Å². The summed E-state index contributed by atoms with van der Waals surface area (Å²) in [6, 6.07) is 5.91. The second-order valence-electron chi connectivity index (χ2n) is 4.69. The van der Waals surface area contributed by atoms with Gasteiger partial charge in [-0.1, -0.05) is 0 Å². The molecule has 1 heterocycles. The molecule has 1 aromatic heterocycles. The number of aryl methyl sites for hydroxylation is 2. The first-order valence-electron chi connectivity index (χ1n) is 6.52. The van der Waals surface area contributed by atoms with Crippen LogP contribution < -0.4 is 14.2 Å². The zero-order valence-electron chi connectivity index (χ0n) is 12.8. The van der Waals surface area contributed by atoms with Crippen molar-refractivity contribution in [2.24, 2.45) is 0 Å². The van der Waals surface area contributed by atoms with Gasteiger partial charge >= 0.3 is 0 Å². The Kier molecular flexibility index (Phi) is 5.01. The lowest BCUT2D eigenvalue weighted by Gasteiger charge is -2.16. The minimum Gasteiger partial charge on any atom is -0.493 e. The zero-order chi connectivity index (χ0) is 15.6. The van der Waals surface area contributed by atoms with E-state index in [1.807, 2.05) is 12.1 Å². The Morgan fingerprint density at radius 1 is 0.952 bits per heavy atom. The smallest absolute Gasteiger partial charge is 0.203 e. The lowest BCUT2D eigenvalue weighted by atomic mass is 10.0. The van der Waals surface area contributed by atoms with Crippen molar-refractivity contribution in [1.82, 2.24) is 0 Å². The molecule has 0 spiro atoms. The molecule has 0 bridgehead atoms. The molecule has 1 atom stereocenters. The molecule has 1 unspecified atom stereocenters. The summed E-state index contributed by atoms with van der Waals surface area (Å²) in [5.41, 5.74) is 2.04. The Morgan fingerprint density at radius 3 is 1.90 bits per heavy atom. The Labute approximate surface area is 134 Å². The average molecular weight is 327 g/mol. The third kappa shape index (κ3) is 3.11. The average Bonchev–Trinajstić information content (AvgIpc) is 2.83. The van der Waals surface area contributed by atoms with Crippen LogP contribution in [-0.4, -0.2) is 21.3 Å². The van der Waals surface area contributed by atoms with Gasteiger partial charge in [-0.25, -0.2) is 0 Å². The van der Waals surface area contributed by atoms with Gasteiger partial charge in [-0.3, -0.25) is 0 Å².